The lowest BCUT2D eigenvalue weighted by molar-refractivity contribution is 0.0438. The van der Waals surface area contributed by atoms with E-state index < -0.39 is 5.97 Å². The second kappa shape index (κ2) is 8.31. The fraction of sp³-hybridized carbons (Fsp3) is 0.0435. The highest BCUT2D eigenvalue weighted by Gasteiger charge is 2.14. The standard InChI is InChI=1S/C23H16N2O4/c26-21(16-7-3-1-4-8-16)17-11-13-19(14-12-17)23(27)28-15-20-24-25-22(29-20)18-9-5-2-6-10-18/h1-14H,15H2. The number of nitrogens with zero attached hydrogens (tertiary/aromatic N) is 2. The van der Waals surface area contributed by atoms with Crippen LogP contribution >= 0.6 is 0 Å². The summed E-state index contributed by atoms with van der Waals surface area (Å²) >= 11 is 0. The molecule has 4 aromatic rings. The number of rotatable bonds is 6. The predicted molar refractivity (Wildman–Crippen MR) is 105 cm³/mol. The molecule has 3 aromatic carbocycles. The van der Waals surface area contributed by atoms with E-state index in [1.807, 2.05) is 36.4 Å². The van der Waals surface area contributed by atoms with Crippen LogP contribution in [0.25, 0.3) is 11.5 Å². The molecule has 0 aliphatic rings. The number of carbonyl (C=O) groups is 2. The van der Waals surface area contributed by atoms with E-state index >= 15 is 0 Å². The topological polar surface area (TPSA) is 82.3 Å². The average molecular weight is 384 g/mol. The van der Waals surface area contributed by atoms with Crippen LogP contribution in [-0.2, 0) is 11.3 Å². The average Bonchev–Trinajstić information content (AvgIpc) is 3.27. The van der Waals surface area contributed by atoms with E-state index in [0.29, 0.717) is 22.6 Å². The van der Waals surface area contributed by atoms with Gasteiger partial charge in [-0.05, 0) is 24.3 Å². The van der Waals surface area contributed by atoms with Crippen molar-refractivity contribution in [3.63, 3.8) is 0 Å². The number of aromatic nitrogens is 2. The van der Waals surface area contributed by atoms with Crippen LogP contribution in [0.15, 0.2) is 89.3 Å². The van der Waals surface area contributed by atoms with Crippen LogP contribution in [0.3, 0.4) is 0 Å². The largest absolute Gasteiger partial charge is 0.452 e. The van der Waals surface area contributed by atoms with E-state index in [1.165, 1.54) is 0 Å². The van der Waals surface area contributed by atoms with Crippen molar-refractivity contribution in [1.82, 2.24) is 10.2 Å². The van der Waals surface area contributed by atoms with Gasteiger partial charge < -0.3 is 9.15 Å². The molecule has 0 unspecified atom stereocenters. The summed E-state index contributed by atoms with van der Waals surface area (Å²) in [5.74, 6) is -0.0819. The van der Waals surface area contributed by atoms with Crippen LogP contribution in [0.4, 0.5) is 0 Å². The first-order chi connectivity index (χ1) is 14.2. The molecule has 142 valence electrons. The van der Waals surface area contributed by atoms with Gasteiger partial charge in [-0.3, -0.25) is 4.79 Å². The van der Waals surface area contributed by atoms with Gasteiger partial charge in [0, 0.05) is 16.7 Å². The second-order valence-corrected chi connectivity index (χ2v) is 6.22. The molecule has 0 aliphatic heterocycles. The molecule has 0 amide bonds. The zero-order valence-corrected chi connectivity index (χ0v) is 15.3. The highest BCUT2D eigenvalue weighted by atomic mass is 16.5. The Labute approximate surface area is 166 Å². The molecule has 0 atom stereocenters. The molecule has 0 saturated carbocycles. The number of hydrogen-bond acceptors (Lipinski definition) is 6. The molecule has 29 heavy (non-hydrogen) atoms. The number of benzene rings is 3. The quantitative estimate of drug-likeness (QED) is 0.364. The van der Waals surface area contributed by atoms with Gasteiger partial charge in [-0.25, -0.2) is 4.79 Å². The highest BCUT2D eigenvalue weighted by molar-refractivity contribution is 6.09. The number of ether oxygens (including phenoxy) is 1. The molecular formula is C23H16N2O4. The van der Waals surface area contributed by atoms with E-state index in [4.69, 9.17) is 9.15 Å². The molecular weight excluding hydrogens is 368 g/mol. The van der Waals surface area contributed by atoms with Gasteiger partial charge in [0.05, 0.1) is 5.56 Å². The van der Waals surface area contributed by atoms with Gasteiger partial charge in [0.1, 0.15) is 0 Å². The zero-order chi connectivity index (χ0) is 20.1. The Morgan fingerprint density at radius 2 is 1.31 bits per heavy atom. The van der Waals surface area contributed by atoms with Gasteiger partial charge in [0.2, 0.25) is 5.89 Å². The second-order valence-electron chi connectivity index (χ2n) is 6.22. The van der Waals surface area contributed by atoms with E-state index in [0.717, 1.165) is 5.56 Å². The molecule has 0 fully saturated rings. The van der Waals surface area contributed by atoms with Gasteiger partial charge in [-0.15, -0.1) is 10.2 Å². The molecule has 0 saturated heterocycles. The van der Waals surface area contributed by atoms with Gasteiger partial charge in [0.15, 0.2) is 12.4 Å². The molecule has 6 heteroatoms. The predicted octanol–water partition coefficient (Wildman–Crippen LogP) is 4.32. The minimum Gasteiger partial charge on any atom is -0.452 e. The van der Waals surface area contributed by atoms with Crippen LogP contribution in [0.1, 0.15) is 32.2 Å². The molecule has 0 N–H and O–H groups in total. The summed E-state index contributed by atoms with van der Waals surface area (Å²) in [6.07, 6.45) is 0. The monoisotopic (exact) mass is 384 g/mol. The van der Waals surface area contributed by atoms with Crippen molar-refractivity contribution < 1.29 is 18.7 Å². The fourth-order valence-corrected chi connectivity index (χ4v) is 2.73. The minimum atomic E-state index is -0.539. The van der Waals surface area contributed by atoms with Gasteiger partial charge in [-0.1, -0.05) is 60.7 Å². The van der Waals surface area contributed by atoms with Crippen LogP contribution in [0, 0.1) is 0 Å². The summed E-state index contributed by atoms with van der Waals surface area (Å²) in [5, 5.41) is 7.84. The normalized spacial score (nSPS) is 10.5. The lowest BCUT2D eigenvalue weighted by Gasteiger charge is -2.04. The molecule has 1 aromatic heterocycles. The Morgan fingerprint density at radius 1 is 0.724 bits per heavy atom. The summed E-state index contributed by atoms with van der Waals surface area (Å²) in [6.45, 7) is -0.136. The molecule has 0 radical (unpaired) electrons. The van der Waals surface area contributed by atoms with E-state index in [9.17, 15) is 9.59 Å². The zero-order valence-electron chi connectivity index (χ0n) is 15.3. The minimum absolute atomic E-state index is 0.107. The van der Waals surface area contributed by atoms with Crippen molar-refractivity contribution in [2.24, 2.45) is 0 Å². The molecule has 6 nitrogen and oxygen atoms in total. The molecule has 4 rings (SSSR count). The molecule has 0 bridgehead atoms. The van der Waals surface area contributed by atoms with Crippen molar-refractivity contribution in [2.75, 3.05) is 0 Å². The summed E-state index contributed by atoms with van der Waals surface area (Å²) in [6, 6.07) is 24.6. The van der Waals surface area contributed by atoms with Crippen LogP contribution in [0.2, 0.25) is 0 Å². The van der Waals surface area contributed by atoms with Gasteiger partial charge in [-0.2, -0.15) is 0 Å². The smallest absolute Gasteiger partial charge is 0.338 e. The Balaban J connectivity index is 1.38. The Bertz CT molecular complexity index is 1120. The van der Waals surface area contributed by atoms with Crippen molar-refractivity contribution in [1.29, 1.82) is 0 Å². The maximum atomic E-state index is 12.4. The summed E-state index contributed by atoms with van der Waals surface area (Å²) in [4.78, 5) is 24.7. The SMILES string of the molecule is O=C(OCc1nnc(-c2ccccc2)o1)c1ccc(C(=O)c2ccccc2)cc1. The van der Waals surface area contributed by atoms with Crippen molar-refractivity contribution >= 4 is 11.8 Å². The maximum absolute atomic E-state index is 12.4. The van der Waals surface area contributed by atoms with Crippen LogP contribution in [0.5, 0.6) is 0 Å². The fourth-order valence-electron chi connectivity index (χ4n) is 2.73. The first kappa shape index (κ1) is 18.3. The number of esters is 1. The van der Waals surface area contributed by atoms with E-state index in [-0.39, 0.29) is 18.3 Å². The van der Waals surface area contributed by atoms with Crippen molar-refractivity contribution in [3.05, 3.63) is 108 Å². The number of carbonyl (C=O) groups excluding carboxylic acids is 2. The summed E-state index contributed by atoms with van der Waals surface area (Å²) < 4.78 is 10.7. The third-order valence-electron chi connectivity index (χ3n) is 4.23. The summed E-state index contributed by atoms with van der Waals surface area (Å²) in [5.41, 5.74) is 2.21. The first-order valence-corrected chi connectivity index (χ1v) is 8.95. The third-order valence-corrected chi connectivity index (χ3v) is 4.23. The van der Waals surface area contributed by atoms with Gasteiger partial charge in [0.25, 0.3) is 5.89 Å². The Hall–Kier alpha value is -4.06. The lowest BCUT2D eigenvalue weighted by Crippen LogP contribution is -2.07. The maximum Gasteiger partial charge on any atom is 0.338 e. The molecule has 1 heterocycles. The van der Waals surface area contributed by atoms with E-state index in [1.54, 1.807) is 48.5 Å². The number of ketones is 1. The summed E-state index contributed by atoms with van der Waals surface area (Å²) in [7, 11) is 0. The third kappa shape index (κ3) is 4.27. The van der Waals surface area contributed by atoms with Gasteiger partial charge >= 0.3 is 5.97 Å². The molecule has 0 spiro atoms. The van der Waals surface area contributed by atoms with Crippen LogP contribution in [-0.4, -0.2) is 21.9 Å². The van der Waals surface area contributed by atoms with Crippen molar-refractivity contribution in [2.45, 2.75) is 6.61 Å². The molecule has 0 aliphatic carbocycles. The van der Waals surface area contributed by atoms with Crippen LogP contribution < -0.4 is 0 Å². The Morgan fingerprint density at radius 3 is 2.00 bits per heavy atom. The first-order valence-electron chi connectivity index (χ1n) is 8.95. The van der Waals surface area contributed by atoms with Crippen molar-refractivity contribution in [3.8, 4) is 11.5 Å². The van der Waals surface area contributed by atoms with E-state index in [2.05, 4.69) is 10.2 Å². The Kier molecular flexibility index (Phi) is 5.25. The lowest BCUT2D eigenvalue weighted by atomic mass is 10.0. The number of hydrogen-bond donors (Lipinski definition) is 0. The highest BCUT2D eigenvalue weighted by Crippen LogP contribution is 2.18.